The number of hydrogen-bond acceptors (Lipinski definition) is 5. The molecule has 108 valence electrons. The number of rotatable bonds is 6. The van der Waals surface area contributed by atoms with Crippen LogP contribution in [0.5, 0.6) is 0 Å². The Hall–Kier alpha value is -2.70. The molecular formula is C14H15N5O2. The summed E-state index contributed by atoms with van der Waals surface area (Å²) >= 11 is 0. The summed E-state index contributed by atoms with van der Waals surface area (Å²) in [5.41, 5.74) is 9.41. The van der Waals surface area contributed by atoms with Gasteiger partial charge in [-0.1, -0.05) is 6.07 Å². The number of nitrogens with zero attached hydrogens (tertiary/aromatic N) is 3. The Bertz CT molecular complexity index is 730. The number of carboxylic acids is 1. The van der Waals surface area contributed by atoms with Crippen molar-refractivity contribution in [3.63, 3.8) is 0 Å². The Balaban J connectivity index is 1.72. The summed E-state index contributed by atoms with van der Waals surface area (Å²) in [5, 5.41) is 14.5. The van der Waals surface area contributed by atoms with E-state index in [4.69, 9.17) is 10.6 Å². The largest absolute Gasteiger partial charge is 0.476 e. The zero-order valence-corrected chi connectivity index (χ0v) is 11.3. The molecule has 0 bridgehead atoms. The predicted octanol–water partition coefficient (Wildman–Crippen LogP) is 2.26. The number of aliphatic carboxylic acids is 1. The standard InChI is InChI=1S/C14H15N5O2/c15-18-12(14(20)21)6-16-5-11-8-19-7-10(9-1-2-9)3-4-13(19)17-11/h3-4,6-9,15-16H,1-2,5H2,(H,20,21)/b12-6-,18-15?. The fraction of sp³-hybridized carbons (Fsp3) is 0.286. The van der Waals surface area contributed by atoms with Crippen LogP contribution in [-0.4, -0.2) is 20.5 Å². The smallest absolute Gasteiger partial charge is 0.357 e. The molecule has 1 aliphatic carbocycles. The lowest BCUT2D eigenvalue weighted by molar-refractivity contribution is -0.132. The van der Waals surface area contributed by atoms with Crippen LogP contribution in [0.25, 0.3) is 5.65 Å². The molecule has 0 radical (unpaired) electrons. The maximum atomic E-state index is 10.7. The second-order valence-corrected chi connectivity index (χ2v) is 5.06. The molecule has 0 amide bonds. The number of fused-ring (bicyclic) bond motifs is 1. The summed E-state index contributed by atoms with van der Waals surface area (Å²) in [6.45, 7) is 0.382. The van der Waals surface area contributed by atoms with Gasteiger partial charge in [-0.3, -0.25) is 0 Å². The highest BCUT2D eigenvalue weighted by atomic mass is 16.4. The summed E-state index contributed by atoms with van der Waals surface area (Å²) in [4.78, 5) is 15.1. The highest BCUT2D eigenvalue weighted by Gasteiger charge is 2.23. The lowest BCUT2D eigenvalue weighted by Crippen LogP contribution is -2.09. The van der Waals surface area contributed by atoms with E-state index < -0.39 is 5.97 Å². The molecule has 1 saturated carbocycles. The van der Waals surface area contributed by atoms with Gasteiger partial charge in [-0.2, -0.15) is 0 Å². The fourth-order valence-electron chi connectivity index (χ4n) is 2.20. The third-order valence-electron chi connectivity index (χ3n) is 3.43. The van der Waals surface area contributed by atoms with Crippen molar-refractivity contribution in [1.29, 1.82) is 5.53 Å². The Morgan fingerprint density at radius 2 is 2.33 bits per heavy atom. The van der Waals surface area contributed by atoms with Crippen LogP contribution in [0, 0.1) is 5.53 Å². The van der Waals surface area contributed by atoms with Gasteiger partial charge in [0.1, 0.15) is 5.65 Å². The van der Waals surface area contributed by atoms with Gasteiger partial charge in [0.15, 0.2) is 5.70 Å². The molecule has 2 aromatic heterocycles. The zero-order valence-electron chi connectivity index (χ0n) is 11.3. The zero-order chi connectivity index (χ0) is 14.8. The molecule has 1 fully saturated rings. The van der Waals surface area contributed by atoms with E-state index in [1.54, 1.807) is 0 Å². The minimum absolute atomic E-state index is 0.338. The maximum absolute atomic E-state index is 10.7. The third-order valence-corrected chi connectivity index (χ3v) is 3.43. The number of imidazole rings is 1. The van der Waals surface area contributed by atoms with Crippen LogP contribution in [0.1, 0.15) is 30.0 Å². The van der Waals surface area contributed by atoms with Gasteiger partial charge >= 0.3 is 5.97 Å². The summed E-state index contributed by atoms with van der Waals surface area (Å²) in [6.07, 6.45) is 7.73. The van der Waals surface area contributed by atoms with Crippen molar-refractivity contribution in [2.75, 3.05) is 0 Å². The number of hydrogen-bond donors (Lipinski definition) is 3. The van der Waals surface area contributed by atoms with Crippen molar-refractivity contribution in [2.45, 2.75) is 25.3 Å². The molecule has 0 spiro atoms. The van der Waals surface area contributed by atoms with Gasteiger partial charge in [0, 0.05) is 18.6 Å². The molecule has 7 heteroatoms. The number of pyridine rings is 1. The summed E-state index contributed by atoms with van der Waals surface area (Å²) in [5.74, 6) is -0.542. The minimum atomic E-state index is -1.23. The van der Waals surface area contributed by atoms with E-state index in [-0.39, 0.29) is 5.70 Å². The van der Waals surface area contributed by atoms with Crippen LogP contribution in [0.4, 0.5) is 0 Å². The summed E-state index contributed by atoms with van der Waals surface area (Å²) < 4.78 is 1.99. The molecule has 0 aliphatic heterocycles. The average Bonchev–Trinajstić information content (AvgIpc) is 3.23. The number of carboxylic acid groups (broad SMARTS) is 1. The molecule has 0 aromatic carbocycles. The second-order valence-electron chi connectivity index (χ2n) is 5.06. The fourth-order valence-corrected chi connectivity index (χ4v) is 2.20. The summed E-state index contributed by atoms with van der Waals surface area (Å²) in [7, 11) is 0. The monoisotopic (exact) mass is 285 g/mol. The van der Waals surface area contributed by atoms with Crippen LogP contribution in [0.15, 0.2) is 41.5 Å². The topological polar surface area (TPSA) is 103 Å². The van der Waals surface area contributed by atoms with Crippen LogP contribution < -0.4 is 5.32 Å². The number of nitrogens with one attached hydrogen (secondary N) is 2. The second kappa shape index (κ2) is 5.35. The third kappa shape index (κ3) is 2.91. The minimum Gasteiger partial charge on any atom is -0.476 e. The first-order chi connectivity index (χ1) is 10.2. The van der Waals surface area contributed by atoms with Gasteiger partial charge in [0.05, 0.1) is 12.2 Å². The van der Waals surface area contributed by atoms with Crippen LogP contribution >= 0.6 is 0 Å². The first kappa shape index (κ1) is 13.3. The van der Waals surface area contributed by atoms with Crippen molar-refractivity contribution < 1.29 is 9.90 Å². The first-order valence-electron chi connectivity index (χ1n) is 6.69. The highest BCUT2D eigenvalue weighted by Crippen LogP contribution is 2.39. The van der Waals surface area contributed by atoms with Crippen LogP contribution in [-0.2, 0) is 11.3 Å². The van der Waals surface area contributed by atoms with E-state index in [0.717, 1.165) is 11.3 Å². The molecule has 7 nitrogen and oxygen atoms in total. The van der Waals surface area contributed by atoms with Gasteiger partial charge in [-0.25, -0.2) is 15.3 Å². The highest BCUT2D eigenvalue weighted by molar-refractivity contribution is 5.85. The molecule has 21 heavy (non-hydrogen) atoms. The maximum Gasteiger partial charge on any atom is 0.357 e. The summed E-state index contributed by atoms with van der Waals surface area (Å²) in [6, 6.07) is 4.10. The van der Waals surface area contributed by atoms with Gasteiger partial charge in [-0.05, 0) is 30.4 Å². The normalized spacial score (nSPS) is 15.1. The molecule has 2 heterocycles. The van der Waals surface area contributed by atoms with Gasteiger partial charge in [0.2, 0.25) is 0 Å². The average molecular weight is 285 g/mol. The predicted molar refractivity (Wildman–Crippen MR) is 74.9 cm³/mol. The number of aromatic nitrogens is 2. The van der Waals surface area contributed by atoms with Crippen LogP contribution in [0.2, 0.25) is 0 Å². The van der Waals surface area contributed by atoms with Crippen molar-refractivity contribution in [1.82, 2.24) is 14.7 Å². The molecule has 2 aromatic rings. The molecule has 0 saturated heterocycles. The van der Waals surface area contributed by atoms with E-state index in [9.17, 15) is 4.79 Å². The molecule has 3 N–H and O–H groups in total. The first-order valence-corrected chi connectivity index (χ1v) is 6.69. The molecule has 0 unspecified atom stereocenters. The molecule has 0 atom stereocenters. The molecule has 1 aliphatic rings. The van der Waals surface area contributed by atoms with Crippen molar-refractivity contribution in [3.8, 4) is 0 Å². The molecule has 3 rings (SSSR count). The van der Waals surface area contributed by atoms with Gasteiger partial charge in [0.25, 0.3) is 0 Å². The van der Waals surface area contributed by atoms with Gasteiger partial charge in [-0.15, -0.1) is 5.11 Å². The molecular weight excluding hydrogens is 270 g/mol. The van der Waals surface area contributed by atoms with E-state index >= 15 is 0 Å². The van der Waals surface area contributed by atoms with Crippen molar-refractivity contribution in [2.24, 2.45) is 5.11 Å². The van der Waals surface area contributed by atoms with Crippen LogP contribution in [0.3, 0.4) is 0 Å². The Labute approximate surface area is 120 Å². The van der Waals surface area contributed by atoms with E-state index in [0.29, 0.717) is 12.5 Å². The SMILES string of the molecule is N=N/C(=C\NCc1cn2cc(C3CC3)ccc2n1)C(=O)O. The van der Waals surface area contributed by atoms with E-state index in [1.165, 1.54) is 24.6 Å². The van der Waals surface area contributed by atoms with E-state index in [2.05, 4.69) is 27.7 Å². The van der Waals surface area contributed by atoms with Gasteiger partial charge < -0.3 is 14.8 Å². The number of carbonyl (C=O) groups is 1. The van der Waals surface area contributed by atoms with Crippen molar-refractivity contribution in [3.05, 3.63) is 47.7 Å². The van der Waals surface area contributed by atoms with E-state index in [1.807, 2.05) is 16.7 Å². The Morgan fingerprint density at radius 1 is 1.52 bits per heavy atom. The lowest BCUT2D eigenvalue weighted by atomic mass is 10.2. The Kier molecular flexibility index (Phi) is 3.39. The lowest BCUT2D eigenvalue weighted by Gasteiger charge is -1.98. The quantitative estimate of drug-likeness (QED) is 0.559. The van der Waals surface area contributed by atoms with Crippen molar-refractivity contribution >= 4 is 11.6 Å². The Morgan fingerprint density at radius 3 is 3.00 bits per heavy atom.